The molecule has 4 nitrogen and oxygen atoms in total. The molecule has 0 bridgehead atoms. The predicted molar refractivity (Wildman–Crippen MR) is 122 cm³/mol. The van der Waals surface area contributed by atoms with Crippen LogP contribution in [0.3, 0.4) is 0 Å². The number of amides is 2. The Kier molecular flexibility index (Phi) is 7.53. The van der Waals surface area contributed by atoms with Crippen LogP contribution >= 0.6 is 11.8 Å². The van der Waals surface area contributed by atoms with E-state index in [0.29, 0.717) is 17.0 Å². The van der Waals surface area contributed by atoms with Gasteiger partial charge < -0.3 is 5.32 Å². The van der Waals surface area contributed by atoms with Crippen LogP contribution in [0.1, 0.15) is 56.0 Å². The summed E-state index contributed by atoms with van der Waals surface area (Å²) >= 11 is 1.52. The van der Waals surface area contributed by atoms with E-state index >= 15 is 0 Å². The minimum Gasteiger partial charge on any atom is -0.326 e. The molecule has 0 aromatic heterocycles. The van der Waals surface area contributed by atoms with Crippen LogP contribution in [0.4, 0.5) is 15.8 Å². The topological polar surface area (TPSA) is 49.4 Å². The van der Waals surface area contributed by atoms with Gasteiger partial charge in [0.25, 0.3) is 0 Å². The Morgan fingerprint density at radius 1 is 1.23 bits per heavy atom. The summed E-state index contributed by atoms with van der Waals surface area (Å²) in [5, 5.41) is 2.80. The number of carbonyl (C=O) groups is 2. The molecule has 3 rings (SSSR count). The number of aryl methyl sites for hydroxylation is 1. The van der Waals surface area contributed by atoms with Crippen molar-refractivity contribution in [3.05, 3.63) is 59.4 Å². The van der Waals surface area contributed by atoms with Crippen molar-refractivity contribution in [2.24, 2.45) is 5.92 Å². The fraction of sp³-hybridized carbons (Fsp3) is 0.417. The molecule has 160 valence electrons. The second kappa shape index (κ2) is 10.1. The molecule has 2 unspecified atom stereocenters. The molecule has 30 heavy (non-hydrogen) atoms. The number of benzene rings is 2. The molecule has 1 aliphatic rings. The zero-order valence-electron chi connectivity index (χ0n) is 17.8. The van der Waals surface area contributed by atoms with Crippen LogP contribution in [0, 0.1) is 18.7 Å². The molecule has 2 aromatic rings. The van der Waals surface area contributed by atoms with E-state index in [1.54, 1.807) is 24.0 Å². The lowest BCUT2D eigenvalue weighted by Gasteiger charge is -2.25. The Morgan fingerprint density at radius 2 is 1.97 bits per heavy atom. The summed E-state index contributed by atoms with van der Waals surface area (Å²) < 4.78 is 14.1. The normalized spacial score (nSPS) is 17.3. The smallest absolute Gasteiger partial charge is 0.238 e. The summed E-state index contributed by atoms with van der Waals surface area (Å²) in [7, 11) is 0. The maximum atomic E-state index is 14.1. The zero-order chi connectivity index (χ0) is 21.7. The van der Waals surface area contributed by atoms with Gasteiger partial charge in [-0.05, 0) is 55.2 Å². The van der Waals surface area contributed by atoms with Gasteiger partial charge in [0.05, 0.1) is 5.75 Å². The Hall–Kier alpha value is -2.34. The quantitative estimate of drug-likeness (QED) is 0.555. The number of thioether (sulfide) groups is 1. The van der Waals surface area contributed by atoms with Crippen molar-refractivity contribution in [3.63, 3.8) is 0 Å². The molecule has 1 saturated heterocycles. The first kappa shape index (κ1) is 22.3. The highest BCUT2D eigenvalue weighted by Gasteiger charge is 2.34. The van der Waals surface area contributed by atoms with Crippen molar-refractivity contribution in [1.29, 1.82) is 0 Å². The molecule has 0 radical (unpaired) electrons. The number of unbranched alkanes of at least 4 members (excludes halogenated alkanes) is 1. The van der Waals surface area contributed by atoms with Gasteiger partial charge in [-0.3, -0.25) is 14.5 Å². The lowest BCUT2D eigenvalue weighted by Crippen LogP contribution is -2.28. The lowest BCUT2D eigenvalue weighted by molar-refractivity contribution is -0.120. The first-order chi connectivity index (χ1) is 14.4. The molecule has 0 aliphatic carbocycles. The summed E-state index contributed by atoms with van der Waals surface area (Å²) in [5.74, 6) is 0.0872. The molecule has 6 heteroatoms. The Morgan fingerprint density at radius 3 is 2.60 bits per heavy atom. The van der Waals surface area contributed by atoms with E-state index in [4.69, 9.17) is 0 Å². The van der Waals surface area contributed by atoms with E-state index in [-0.39, 0.29) is 28.9 Å². The van der Waals surface area contributed by atoms with E-state index in [0.717, 1.165) is 36.9 Å². The molecule has 2 aromatic carbocycles. The van der Waals surface area contributed by atoms with Crippen molar-refractivity contribution < 1.29 is 14.0 Å². The molecule has 1 heterocycles. The summed E-state index contributed by atoms with van der Waals surface area (Å²) in [5.41, 5.74) is 2.82. The number of nitrogens with one attached hydrogen (secondary N) is 1. The number of carbonyl (C=O) groups excluding carboxylic acids is 2. The molecule has 1 aliphatic heterocycles. The third-order valence-corrected chi connectivity index (χ3v) is 6.75. The van der Waals surface area contributed by atoms with Gasteiger partial charge >= 0.3 is 0 Å². The van der Waals surface area contributed by atoms with Crippen molar-refractivity contribution in [2.75, 3.05) is 16.0 Å². The molecule has 0 saturated carbocycles. The maximum Gasteiger partial charge on any atom is 0.238 e. The molecule has 2 atom stereocenters. The average Bonchev–Trinajstić information content (AvgIpc) is 3.12. The van der Waals surface area contributed by atoms with E-state index in [2.05, 4.69) is 12.2 Å². The number of halogens is 1. The van der Waals surface area contributed by atoms with Crippen molar-refractivity contribution >= 4 is 35.0 Å². The Bertz CT molecular complexity index is 901. The highest BCUT2D eigenvalue weighted by molar-refractivity contribution is 8.00. The molecule has 0 spiro atoms. The van der Waals surface area contributed by atoms with Gasteiger partial charge in [0.15, 0.2) is 0 Å². The number of hydrogen-bond acceptors (Lipinski definition) is 3. The summed E-state index contributed by atoms with van der Waals surface area (Å²) in [6, 6.07) is 12.5. The first-order valence-corrected chi connectivity index (χ1v) is 11.6. The Labute approximate surface area is 182 Å². The van der Waals surface area contributed by atoms with Crippen LogP contribution in [-0.2, 0) is 9.59 Å². The molecule has 1 fully saturated rings. The van der Waals surface area contributed by atoms with Gasteiger partial charge in [-0.2, -0.15) is 0 Å². The largest absolute Gasteiger partial charge is 0.326 e. The number of hydrogen-bond donors (Lipinski definition) is 1. The van der Waals surface area contributed by atoms with Gasteiger partial charge in [0, 0.05) is 17.3 Å². The minimum absolute atomic E-state index is 0.0274. The van der Waals surface area contributed by atoms with Crippen LogP contribution < -0.4 is 10.2 Å². The average molecular weight is 429 g/mol. The second-order valence-electron chi connectivity index (χ2n) is 7.72. The summed E-state index contributed by atoms with van der Waals surface area (Å²) in [6.07, 6.45) is 3.86. The van der Waals surface area contributed by atoms with Crippen LogP contribution in [-0.4, -0.2) is 17.6 Å². The third-order valence-electron chi connectivity index (χ3n) is 5.53. The lowest BCUT2D eigenvalue weighted by atomic mass is 9.98. The van der Waals surface area contributed by atoms with Gasteiger partial charge in [0.1, 0.15) is 11.2 Å². The zero-order valence-corrected chi connectivity index (χ0v) is 18.6. The van der Waals surface area contributed by atoms with Crippen molar-refractivity contribution in [2.45, 2.75) is 51.8 Å². The van der Waals surface area contributed by atoms with Gasteiger partial charge in [-0.25, -0.2) is 4.39 Å². The second-order valence-corrected chi connectivity index (χ2v) is 8.79. The van der Waals surface area contributed by atoms with E-state index in [9.17, 15) is 14.0 Å². The number of rotatable bonds is 8. The van der Waals surface area contributed by atoms with Gasteiger partial charge in [0.2, 0.25) is 11.8 Å². The summed E-state index contributed by atoms with van der Waals surface area (Å²) in [4.78, 5) is 26.7. The maximum absolute atomic E-state index is 14.1. The van der Waals surface area contributed by atoms with Crippen LogP contribution in [0.25, 0.3) is 0 Å². The van der Waals surface area contributed by atoms with Crippen LogP contribution in [0.2, 0.25) is 0 Å². The molecular weight excluding hydrogens is 399 g/mol. The fourth-order valence-electron chi connectivity index (χ4n) is 3.63. The van der Waals surface area contributed by atoms with Gasteiger partial charge in [-0.1, -0.05) is 44.9 Å². The first-order valence-electron chi connectivity index (χ1n) is 10.5. The van der Waals surface area contributed by atoms with Crippen LogP contribution in [0.15, 0.2) is 42.5 Å². The van der Waals surface area contributed by atoms with E-state index in [1.165, 1.54) is 17.8 Å². The summed E-state index contributed by atoms with van der Waals surface area (Å²) in [6.45, 7) is 5.87. The predicted octanol–water partition coefficient (Wildman–Crippen LogP) is 6.07. The van der Waals surface area contributed by atoms with Gasteiger partial charge in [-0.15, -0.1) is 11.8 Å². The minimum atomic E-state index is -0.317. The molecular formula is C24H29FN2O2S. The van der Waals surface area contributed by atoms with E-state index < -0.39 is 0 Å². The van der Waals surface area contributed by atoms with Crippen molar-refractivity contribution in [1.82, 2.24) is 0 Å². The third kappa shape index (κ3) is 5.04. The highest BCUT2D eigenvalue weighted by Crippen LogP contribution is 2.42. The molecule has 1 N–H and O–H groups in total. The Balaban J connectivity index is 1.73. The molecule has 2 amide bonds. The SMILES string of the molecule is CCCCC(CC)C(=O)Nc1ccc(C2SCC(=O)N2c2ccc(C)c(F)c2)cc1. The van der Waals surface area contributed by atoms with Crippen molar-refractivity contribution in [3.8, 4) is 0 Å². The van der Waals surface area contributed by atoms with E-state index in [1.807, 2.05) is 31.2 Å². The number of nitrogens with zero attached hydrogens (tertiary/aromatic N) is 1. The highest BCUT2D eigenvalue weighted by atomic mass is 32.2. The van der Waals surface area contributed by atoms with Crippen LogP contribution in [0.5, 0.6) is 0 Å². The number of anilines is 2. The standard InChI is InChI=1S/C24H29FN2O2S/c1-4-6-7-17(5-2)23(29)26-19-11-9-18(10-12-19)24-27(22(28)15-30-24)20-13-8-16(3)21(25)14-20/h8-14,17,24H,4-7,15H2,1-3H3,(H,26,29). The monoisotopic (exact) mass is 428 g/mol. The fourth-order valence-corrected chi connectivity index (χ4v) is 4.81.